The number of hydrogen-bond acceptors (Lipinski definition) is 5. The lowest BCUT2D eigenvalue weighted by atomic mass is 10.2. The molecular weight excluding hydrogens is 266 g/mol. The number of ether oxygens (including phenoxy) is 1. The van der Waals surface area contributed by atoms with E-state index in [2.05, 4.69) is 20.4 Å². The van der Waals surface area contributed by atoms with E-state index in [1.54, 1.807) is 10.9 Å². The summed E-state index contributed by atoms with van der Waals surface area (Å²) >= 11 is 0. The molecule has 0 saturated carbocycles. The van der Waals surface area contributed by atoms with E-state index in [1.165, 1.54) is 6.33 Å². The molecule has 0 spiro atoms. The summed E-state index contributed by atoms with van der Waals surface area (Å²) in [7, 11) is 1.86. The maximum atomic E-state index is 5.81. The van der Waals surface area contributed by atoms with Gasteiger partial charge in [0, 0.05) is 7.05 Å². The topological polar surface area (TPSA) is 64.9 Å². The first kappa shape index (κ1) is 13.4. The number of aromatic nitrogens is 4. The zero-order chi connectivity index (χ0) is 14.8. The highest BCUT2D eigenvalue weighted by molar-refractivity contribution is 5.88. The van der Waals surface area contributed by atoms with Crippen molar-refractivity contribution >= 4 is 22.5 Å². The SMILES string of the molecule is CC(C)Oc1ccccc1Nc1ncnc2c1cnn2C. The minimum Gasteiger partial charge on any atom is -0.489 e. The molecule has 1 N–H and O–H groups in total. The number of fused-ring (bicyclic) bond motifs is 1. The number of rotatable bonds is 4. The fourth-order valence-electron chi connectivity index (χ4n) is 2.12. The first-order chi connectivity index (χ1) is 10.1. The number of para-hydroxylation sites is 2. The summed E-state index contributed by atoms with van der Waals surface area (Å²) in [4.78, 5) is 8.54. The van der Waals surface area contributed by atoms with Gasteiger partial charge in [0.25, 0.3) is 0 Å². The molecule has 3 aromatic rings. The third-order valence-electron chi connectivity index (χ3n) is 3.03. The highest BCUT2D eigenvalue weighted by Gasteiger charge is 2.10. The molecule has 0 unspecified atom stereocenters. The van der Waals surface area contributed by atoms with Crippen LogP contribution < -0.4 is 10.1 Å². The van der Waals surface area contributed by atoms with E-state index in [9.17, 15) is 0 Å². The van der Waals surface area contributed by atoms with E-state index in [0.717, 1.165) is 22.5 Å². The third kappa shape index (κ3) is 2.65. The highest BCUT2D eigenvalue weighted by Crippen LogP contribution is 2.29. The lowest BCUT2D eigenvalue weighted by Gasteiger charge is -2.15. The largest absolute Gasteiger partial charge is 0.489 e. The molecule has 0 aliphatic rings. The standard InChI is InChI=1S/C15H17N5O/c1-10(2)21-13-7-5-4-6-12(13)19-14-11-8-18-20(3)15(11)17-9-16-14/h4-10H,1-3H3,(H,16,17,19). The van der Waals surface area contributed by atoms with Gasteiger partial charge in [-0.3, -0.25) is 4.68 Å². The first-order valence-corrected chi connectivity index (χ1v) is 6.80. The maximum absolute atomic E-state index is 5.81. The zero-order valence-electron chi connectivity index (χ0n) is 12.2. The van der Waals surface area contributed by atoms with Crippen molar-refractivity contribution in [2.75, 3.05) is 5.32 Å². The second-order valence-corrected chi connectivity index (χ2v) is 5.02. The van der Waals surface area contributed by atoms with Crippen LogP contribution in [0.25, 0.3) is 11.0 Å². The molecule has 2 heterocycles. The molecule has 0 bridgehead atoms. The summed E-state index contributed by atoms with van der Waals surface area (Å²) in [5, 5.41) is 8.39. The fourth-order valence-corrected chi connectivity index (χ4v) is 2.12. The summed E-state index contributed by atoms with van der Waals surface area (Å²) in [5.74, 6) is 1.51. The number of nitrogens with one attached hydrogen (secondary N) is 1. The van der Waals surface area contributed by atoms with Crippen LogP contribution in [0.5, 0.6) is 5.75 Å². The van der Waals surface area contributed by atoms with Gasteiger partial charge >= 0.3 is 0 Å². The van der Waals surface area contributed by atoms with Gasteiger partial charge in [-0.2, -0.15) is 5.10 Å². The van der Waals surface area contributed by atoms with Gasteiger partial charge in [-0.05, 0) is 26.0 Å². The van der Waals surface area contributed by atoms with Crippen LogP contribution in [0.4, 0.5) is 11.5 Å². The van der Waals surface area contributed by atoms with Gasteiger partial charge in [0.2, 0.25) is 0 Å². The Labute approximate surface area is 122 Å². The Hall–Kier alpha value is -2.63. The average molecular weight is 283 g/mol. The van der Waals surface area contributed by atoms with E-state index in [4.69, 9.17) is 4.74 Å². The van der Waals surface area contributed by atoms with E-state index in [1.807, 2.05) is 45.2 Å². The quantitative estimate of drug-likeness (QED) is 0.797. The van der Waals surface area contributed by atoms with Crippen molar-refractivity contribution in [2.24, 2.45) is 7.05 Å². The molecule has 21 heavy (non-hydrogen) atoms. The minimum atomic E-state index is 0.108. The van der Waals surface area contributed by atoms with Gasteiger partial charge in [0.1, 0.15) is 17.9 Å². The number of anilines is 2. The van der Waals surface area contributed by atoms with Crippen molar-refractivity contribution in [3.63, 3.8) is 0 Å². The minimum absolute atomic E-state index is 0.108. The van der Waals surface area contributed by atoms with E-state index >= 15 is 0 Å². The summed E-state index contributed by atoms with van der Waals surface area (Å²) in [6.07, 6.45) is 3.39. The van der Waals surface area contributed by atoms with E-state index in [0.29, 0.717) is 5.82 Å². The van der Waals surface area contributed by atoms with Gasteiger partial charge in [-0.15, -0.1) is 0 Å². The van der Waals surface area contributed by atoms with Gasteiger partial charge in [0.05, 0.1) is 23.4 Å². The molecule has 1 aromatic carbocycles. The van der Waals surface area contributed by atoms with Crippen LogP contribution in [-0.4, -0.2) is 25.9 Å². The van der Waals surface area contributed by atoms with Crippen LogP contribution >= 0.6 is 0 Å². The van der Waals surface area contributed by atoms with Crippen LogP contribution in [0.3, 0.4) is 0 Å². The normalized spacial score (nSPS) is 11.0. The lowest BCUT2D eigenvalue weighted by molar-refractivity contribution is 0.244. The molecule has 3 rings (SSSR count). The Bertz CT molecular complexity index is 766. The van der Waals surface area contributed by atoms with Crippen molar-refractivity contribution in [2.45, 2.75) is 20.0 Å². The Morgan fingerprint density at radius 3 is 2.81 bits per heavy atom. The van der Waals surface area contributed by atoms with E-state index in [-0.39, 0.29) is 6.10 Å². The second-order valence-electron chi connectivity index (χ2n) is 5.02. The molecular formula is C15H17N5O. The number of aryl methyl sites for hydroxylation is 1. The maximum Gasteiger partial charge on any atom is 0.163 e. The monoisotopic (exact) mass is 283 g/mol. The summed E-state index contributed by atoms with van der Waals surface area (Å²) in [5.41, 5.74) is 1.66. The van der Waals surface area contributed by atoms with Gasteiger partial charge < -0.3 is 10.1 Å². The molecule has 0 amide bonds. The Morgan fingerprint density at radius 2 is 2.00 bits per heavy atom. The molecule has 108 valence electrons. The third-order valence-corrected chi connectivity index (χ3v) is 3.03. The molecule has 0 aliphatic heterocycles. The van der Waals surface area contributed by atoms with Gasteiger partial charge in [-0.25, -0.2) is 9.97 Å². The Balaban J connectivity index is 1.99. The van der Waals surface area contributed by atoms with Crippen LogP contribution in [0.2, 0.25) is 0 Å². The smallest absolute Gasteiger partial charge is 0.163 e. The predicted molar refractivity (Wildman–Crippen MR) is 81.8 cm³/mol. The van der Waals surface area contributed by atoms with Crippen LogP contribution in [0.15, 0.2) is 36.8 Å². The van der Waals surface area contributed by atoms with Crippen molar-refractivity contribution in [3.05, 3.63) is 36.8 Å². The molecule has 0 aliphatic carbocycles. The van der Waals surface area contributed by atoms with Crippen molar-refractivity contribution in [3.8, 4) is 5.75 Å². The number of benzene rings is 1. The average Bonchev–Trinajstić information content (AvgIpc) is 2.83. The second kappa shape index (κ2) is 5.40. The predicted octanol–water partition coefficient (Wildman–Crippen LogP) is 2.89. The Morgan fingerprint density at radius 1 is 1.19 bits per heavy atom. The molecule has 0 atom stereocenters. The summed E-state index contributed by atoms with van der Waals surface area (Å²) < 4.78 is 7.53. The Kier molecular flexibility index (Phi) is 3.43. The summed E-state index contributed by atoms with van der Waals surface area (Å²) in [6, 6.07) is 7.80. The zero-order valence-corrected chi connectivity index (χ0v) is 12.2. The van der Waals surface area contributed by atoms with Crippen LogP contribution in [0.1, 0.15) is 13.8 Å². The van der Waals surface area contributed by atoms with Crippen molar-refractivity contribution in [1.29, 1.82) is 0 Å². The molecule has 0 radical (unpaired) electrons. The molecule has 0 saturated heterocycles. The molecule has 2 aromatic heterocycles. The van der Waals surface area contributed by atoms with Gasteiger partial charge in [0.15, 0.2) is 5.65 Å². The summed E-state index contributed by atoms with van der Waals surface area (Å²) in [6.45, 7) is 4.00. The number of nitrogens with zero attached hydrogens (tertiary/aromatic N) is 4. The lowest BCUT2D eigenvalue weighted by Crippen LogP contribution is -2.07. The van der Waals surface area contributed by atoms with Crippen molar-refractivity contribution in [1.82, 2.24) is 19.7 Å². The number of hydrogen-bond donors (Lipinski definition) is 1. The van der Waals surface area contributed by atoms with Crippen LogP contribution in [0, 0.1) is 0 Å². The van der Waals surface area contributed by atoms with E-state index < -0.39 is 0 Å². The highest BCUT2D eigenvalue weighted by atomic mass is 16.5. The fraction of sp³-hybridized carbons (Fsp3) is 0.267. The van der Waals surface area contributed by atoms with Crippen molar-refractivity contribution < 1.29 is 4.74 Å². The molecule has 0 fully saturated rings. The van der Waals surface area contributed by atoms with Crippen LogP contribution in [-0.2, 0) is 7.05 Å². The molecule has 6 nitrogen and oxygen atoms in total. The van der Waals surface area contributed by atoms with Gasteiger partial charge in [-0.1, -0.05) is 12.1 Å². The first-order valence-electron chi connectivity index (χ1n) is 6.80. The molecule has 6 heteroatoms.